The van der Waals surface area contributed by atoms with E-state index in [9.17, 15) is 9.18 Å². The fourth-order valence-corrected chi connectivity index (χ4v) is 3.75. The first-order chi connectivity index (χ1) is 16.0. The Balaban J connectivity index is 1.62. The van der Waals surface area contributed by atoms with Gasteiger partial charge in [-0.3, -0.25) is 19.7 Å². The quantitative estimate of drug-likeness (QED) is 0.400. The average molecular weight is 451 g/mol. The number of hydrogen-bond acceptors (Lipinski definition) is 6. The number of aldehydes is 1. The Bertz CT molecular complexity index is 1010. The van der Waals surface area contributed by atoms with Crippen LogP contribution in [0.25, 0.3) is 0 Å². The number of piperazine rings is 1. The molecule has 0 N–H and O–H groups in total. The molecule has 7 heteroatoms. The monoisotopic (exact) mass is 450 g/mol. The normalized spacial score (nSPS) is 15.7. The van der Waals surface area contributed by atoms with Crippen LogP contribution in [0.1, 0.15) is 27.9 Å². The summed E-state index contributed by atoms with van der Waals surface area (Å²) in [5.74, 6) is -0.394. The second kappa shape index (κ2) is 12.2. The summed E-state index contributed by atoms with van der Waals surface area (Å²) in [6.07, 6.45) is 4.89. The molecule has 0 spiro atoms. The maximum atomic E-state index is 14.6. The van der Waals surface area contributed by atoms with E-state index in [2.05, 4.69) is 45.7 Å². The summed E-state index contributed by atoms with van der Waals surface area (Å²) in [4.78, 5) is 24.4. The maximum Gasteiger partial charge on any atom is 0.168 e. The highest BCUT2D eigenvalue weighted by Gasteiger charge is 2.14. The first kappa shape index (κ1) is 24.5. The van der Waals surface area contributed by atoms with Crippen LogP contribution in [-0.2, 0) is 13.0 Å². The third kappa shape index (κ3) is 7.17. The minimum Gasteiger partial charge on any atom is -0.494 e. The zero-order valence-electron chi connectivity index (χ0n) is 19.3. The van der Waals surface area contributed by atoms with E-state index >= 15 is 0 Å². The maximum absolute atomic E-state index is 14.6. The summed E-state index contributed by atoms with van der Waals surface area (Å²) >= 11 is 0. The number of methoxy groups -OCH3 is 1. The van der Waals surface area contributed by atoms with Crippen molar-refractivity contribution in [3.05, 3.63) is 70.7 Å². The molecule has 1 fully saturated rings. The van der Waals surface area contributed by atoms with Crippen molar-refractivity contribution in [2.75, 3.05) is 40.3 Å². The number of ether oxygens (including phenoxy) is 1. The van der Waals surface area contributed by atoms with Crippen LogP contribution in [0.15, 0.2) is 58.2 Å². The molecular formula is C26H31FN4O2. The first-order valence-electron chi connectivity index (χ1n) is 11.0. The molecule has 0 bridgehead atoms. The minimum absolute atomic E-state index is 0.0623. The molecule has 6 nitrogen and oxygen atoms in total. The van der Waals surface area contributed by atoms with Gasteiger partial charge in [0.25, 0.3) is 0 Å². The topological polar surface area (TPSA) is 57.5 Å². The number of carbonyl (C=O) groups excluding carboxylic acids is 1. The van der Waals surface area contributed by atoms with Crippen molar-refractivity contribution < 1.29 is 13.9 Å². The Morgan fingerprint density at radius 3 is 2.55 bits per heavy atom. The standard InChI is InChI=1S/C26H31FN4O2/c1-28-16-21(4-7-23-14-22(19-32)15-25(33-3)26(23)27)17-29-24-8-5-20(6-9-24)18-31-12-10-30(2)11-13-31/h5-6,8-9,14-17,19H,1,4,7,10-13,18H2,2-3H3/b21-16-,29-17?. The van der Waals surface area contributed by atoms with Crippen LogP contribution in [0.2, 0.25) is 0 Å². The number of rotatable bonds is 10. The largest absolute Gasteiger partial charge is 0.494 e. The van der Waals surface area contributed by atoms with Crippen molar-refractivity contribution in [1.29, 1.82) is 0 Å². The number of aliphatic imine (C=N–C) groups is 2. The van der Waals surface area contributed by atoms with E-state index in [0.29, 0.717) is 30.3 Å². The number of aryl methyl sites for hydroxylation is 1. The van der Waals surface area contributed by atoms with E-state index in [1.807, 2.05) is 12.1 Å². The van der Waals surface area contributed by atoms with Gasteiger partial charge < -0.3 is 9.64 Å². The minimum atomic E-state index is -0.457. The second-order valence-electron chi connectivity index (χ2n) is 8.20. The van der Waals surface area contributed by atoms with Gasteiger partial charge in [-0.2, -0.15) is 0 Å². The smallest absolute Gasteiger partial charge is 0.168 e. The Morgan fingerprint density at radius 1 is 1.18 bits per heavy atom. The molecule has 33 heavy (non-hydrogen) atoms. The highest BCUT2D eigenvalue weighted by atomic mass is 19.1. The van der Waals surface area contributed by atoms with E-state index in [0.717, 1.165) is 44.0 Å². The lowest BCUT2D eigenvalue weighted by atomic mass is 10.0. The highest BCUT2D eigenvalue weighted by Crippen LogP contribution is 2.24. The number of hydrogen-bond donors (Lipinski definition) is 0. The summed E-state index contributed by atoms with van der Waals surface area (Å²) in [6.45, 7) is 8.83. The third-order valence-corrected chi connectivity index (χ3v) is 5.75. The van der Waals surface area contributed by atoms with E-state index in [1.165, 1.54) is 18.7 Å². The van der Waals surface area contributed by atoms with Crippen molar-refractivity contribution in [2.45, 2.75) is 19.4 Å². The van der Waals surface area contributed by atoms with Gasteiger partial charge >= 0.3 is 0 Å². The zero-order chi connectivity index (χ0) is 23.6. The Kier molecular flexibility index (Phi) is 9.04. The van der Waals surface area contributed by atoms with Crippen molar-refractivity contribution in [2.24, 2.45) is 9.98 Å². The van der Waals surface area contributed by atoms with Gasteiger partial charge in [0, 0.05) is 50.7 Å². The lowest BCUT2D eigenvalue weighted by Crippen LogP contribution is -2.43. The van der Waals surface area contributed by atoms with Crippen LogP contribution in [0.3, 0.4) is 0 Å². The molecule has 0 aromatic heterocycles. The van der Waals surface area contributed by atoms with Crippen LogP contribution in [0.5, 0.6) is 5.75 Å². The lowest BCUT2D eigenvalue weighted by Gasteiger charge is -2.32. The van der Waals surface area contributed by atoms with Crippen molar-refractivity contribution >= 4 is 24.9 Å². The molecule has 0 amide bonds. The predicted octanol–water partition coefficient (Wildman–Crippen LogP) is 4.31. The molecule has 0 radical (unpaired) electrons. The number of allylic oxidation sites excluding steroid dienone is 1. The first-order valence-corrected chi connectivity index (χ1v) is 11.0. The summed E-state index contributed by atoms with van der Waals surface area (Å²) in [7, 11) is 3.54. The van der Waals surface area contributed by atoms with Gasteiger partial charge in [0.05, 0.1) is 12.8 Å². The number of benzene rings is 2. The van der Waals surface area contributed by atoms with E-state index in [4.69, 9.17) is 4.74 Å². The van der Waals surface area contributed by atoms with Gasteiger partial charge in [0.2, 0.25) is 0 Å². The van der Waals surface area contributed by atoms with Gasteiger partial charge in [-0.05, 0) is 67.6 Å². The lowest BCUT2D eigenvalue weighted by molar-refractivity contribution is 0.112. The number of nitrogens with zero attached hydrogens (tertiary/aromatic N) is 4. The van der Waals surface area contributed by atoms with Crippen LogP contribution in [0.4, 0.5) is 10.1 Å². The fraction of sp³-hybridized carbons (Fsp3) is 0.346. The summed E-state index contributed by atoms with van der Waals surface area (Å²) in [5, 5.41) is 0. The van der Waals surface area contributed by atoms with Crippen LogP contribution < -0.4 is 4.74 Å². The molecule has 1 heterocycles. The summed E-state index contributed by atoms with van der Waals surface area (Å²) in [6, 6.07) is 11.1. The highest BCUT2D eigenvalue weighted by molar-refractivity contribution is 5.81. The summed E-state index contributed by atoms with van der Waals surface area (Å²) < 4.78 is 19.6. The molecule has 2 aromatic rings. The molecular weight excluding hydrogens is 419 g/mol. The molecule has 0 saturated carbocycles. The Hall–Kier alpha value is -3.16. The molecule has 2 aromatic carbocycles. The SMILES string of the molecule is C=N/C=C(\C=Nc1ccc(CN2CCN(C)CC2)cc1)CCc1cc(C=O)cc(OC)c1F. The predicted molar refractivity (Wildman–Crippen MR) is 132 cm³/mol. The van der Waals surface area contributed by atoms with Gasteiger partial charge in [-0.1, -0.05) is 12.1 Å². The number of carbonyl (C=O) groups is 1. The molecule has 0 aliphatic carbocycles. The summed E-state index contributed by atoms with van der Waals surface area (Å²) in [5.41, 5.74) is 3.69. The molecule has 1 aliphatic rings. The van der Waals surface area contributed by atoms with Gasteiger partial charge in [0.15, 0.2) is 11.6 Å². The Morgan fingerprint density at radius 2 is 1.91 bits per heavy atom. The van der Waals surface area contributed by atoms with E-state index < -0.39 is 5.82 Å². The van der Waals surface area contributed by atoms with E-state index in [1.54, 1.807) is 18.5 Å². The molecule has 1 saturated heterocycles. The number of likely N-dealkylation sites (N-methyl/N-ethyl adjacent to an activating group) is 1. The number of halogens is 1. The van der Waals surface area contributed by atoms with Crippen molar-refractivity contribution in [1.82, 2.24) is 9.80 Å². The molecule has 0 atom stereocenters. The molecule has 1 aliphatic heterocycles. The van der Waals surface area contributed by atoms with Gasteiger partial charge in [0.1, 0.15) is 6.29 Å². The third-order valence-electron chi connectivity index (χ3n) is 5.75. The Labute approximate surface area is 195 Å². The molecule has 174 valence electrons. The zero-order valence-corrected chi connectivity index (χ0v) is 19.3. The molecule has 0 unspecified atom stereocenters. The second-order valence-corrected chi connectivity index (χ2v) is 8.20. The van der Waals surface area contributed by atoms with E-state index in [-0.39, 0.29) is 5.75 Å². The van der Waals surface area contributed by atoms with Crippen LogP contribution >= 0.6 is 0 Å². The van der Waals surface area contributed by atoms with Crippen LogP contribution in [-0.4, -0.2) is 69.4 Å². The molecule has 3 rings (SSSR count). The van der Waals surface area contributed by atoms with Crippen LogP contribution in [0, 0.1) is 5.82 Å². The van der Waals surface area contributed by atoms with Crippen molar-refractivity contribution in [3.63, 3.8) is 0 Å². The van der Waals surface area contributed by atoms with Gasteiger partial charge in [-0.15, -0.1) is 0 Å². The van der Waals surface area contributed by atoms with Gasteiger partial charge in [-0.25, -0.2) is 4.39 Å². The average Bonchev–Trinajstić information content (AvgIpc) is 2.84. The fourth-order valence-electron chi connectivity index (χ4n) is 3.75. The van der Waals surface area contributed by atoms with Crippen molar-refractivity contribution in [3.8, 4) is 5.75 Å².